The van der Waals surface area contributed by atoms with Crippen LogP contribution in [0.3, 0.4) is 0 Å². The summed E-state index contributed by atoms with van der Waals surface area (Å²) in [5.74, 6) is 2.00. The van der Waals surface area contributed by atoms with Gasteiger partial charge in [-0.2, -0.15) is 0 Å². The molecule has 1 aliphatic carbocycles. The predicted octanol–water partition coefficient (Wildman–Crippen LogP) is 13.8. The number of fused-ring (bicyclic) bond motifs is 9. The van der Waals surface area contributed by atoms with Crippen molar-refractivity contribution >= 4 is 96.5 Å². The SMILES string of the molecule is CC1CC=CC=C1C1N=C(c2cccc3sc4cccc(-c5cccc6sc7cc(-n8c9ccccc9c9ccccc98)ccc7c56)c4c23)N=C(c2ccccc2)N1. The number of aromatic nitrogens is 1. The van der Waals surface area contributed by atoms with Crippen LogP contribution in [0.4, 0.5) is 0 Å². The quantitative estimate of drug-likeness (QED) is 0.186. The molecule has 7 aromatic carbocycles. The van der Waals surface area contributed by atoms with Gasteiger partial charge in [-0.25, -0.2) is 9.98 Å². The van der Waals surface area contributed by atoms with Crippen LogP contribution in [0.2, 0.25) is 0 Å². The van der Waals surface area contributed by atoms with Crippen molar-refractivity contribution in [1.82, 2.24) is 9.88 Å². The van der Waals surface area contributed by atoms with Crippen molar-refractivity contribution in [3.05, 3.63) is 187 Å². The van der Waals surface area contributed by atoms with Crippen molar-refractivity contribution in [2.75, 3.05) is 0 Å². The summed E-state index contributed by atoms with van der Waals surface area (Å²) in [5.41, 5.74) is 9.52. The van der Waals surface area contributed by atoms with E-state index in [1.165, 1.54) is 84.5 Å². The van der Waals surface area contributed by atoms with Crippen LogP contribution in [-0.2, 0) is 0 Å². The summed E-state index contributed by atoms with van der Waals surface area (Å²) in [6.07, 6.45) is 7.44. The lowest BCUT2D eigenvalue weighted by Gasteiger charge is -2.29. The molecule has 0 radical (unpaired) electrons. The maximum Gasteiger partial charge on any atom is 0.160 e. The number of para-hydroxylation sites is 2. The molecule has 4 nitrogen and oxygen atoms in total. The molecule has 0 saturated carbocycles. The van der Waals surface area contributed by atoms with Gasteiger partial charge in [0.1, 0.15) is 12.0 Å². The standard InChI is InChI=1S/C52H36N4S2/c1-31-14-5-6-17-34(31)51-53-50(32-15-3-2-4-16-32)54-52(55-51)40-22-13-27-45-49(40)48-38(21-12-26-44(48)57-45)37-20-11-25-43-47(37)39-29-28-33(30-46(39)58-43)56-41-23-9-7-18-35(41)36-19-8-10-24-42(36)56/h2-13,15-31,51H,14H2,1H3,(H,53,54,55). The molecule has 3 aromatic heterocycles. The molecule has 0 bridgehead atoms. The third-order valence-electron chi connectivity index (χ3n) is 12.0. The van der Waals surface area contributed by atoms with Gasteiger partial charge in [-0.1, -0.05) is 134 Å². The van der Waals surface area contributed by atoms with E-state index >= 15 is 0 Å². The van der Waals surface area contributed by atoms with Gasteiger partial charge in [0, 0.05) is 67.9 Å². The average Bonchev–Trinajstić information content (AvgIpc) is 3.96. The summed E-state index contributed by atoms with van der Waals surface area (Å²) in [7, 11) is 0. The predicted molar refractivity (Wildman–Crippen MR) is 249 cm³/mol. The molecule has 276 valence electrons. The normalized spacial score (nSPS) is 17.0. The molecule has 1 N–H and O–H groups in total. The molecule has 0 amide bonds. The maximum atomic E-state index is 5.41. The number of hydrogen-bond donors (Lipinski definition) is 1. The second kappa shape index (κ2) is 13.2. The highest BCUT2D eigenvalue weighted by molar-refractivity contribution is 7.26. The number of thiophene rings is 2. The fraction of sp³-hybridized carbons (Fsp3) is 0.0769. The Morgan fingerprint density at radius 2 is 1.21 bits per heavy atom. The number of amidine groups is 2. The maximum absolute atomic E-state index is 5.41. The van der Waals surface area contributed by atoms with Crippen LogP contribution >= 0.6 is 22.7 Å². The van der Waals surface area contributed by atoms with E-state index in [1.54, 1.807) is 0 Å². The largest absolute Gasteiger partial charge is 0.344 e. The smallest absolute Gasteiger partial charge is 0.160 e. The Morgan fingerprint density at radius 3 is 1.93 bits per heavy atom. The zero-order valence-electron chi connectivity index (χ0n) is 31.7. The van der Waals surface area contributed by atoms with Gasteiger partial charge in [0.15, 0.2) is 5.84 Å². The molecule has 0 spiro atoms. The van der Waals surface area contributed by atoms with Gasteiger partial charge in [0.05, 0.1) is 11.0 Å². The van der Waals surface area contributed by atoms with Crippen LogP contribution in [0.1, 0.15) is 24.5 Å². The molecule has 6 heteroatoms. The van der Waals surface area contributed by atoms with Gasteiger partial charge in [0.25, 0.3) is 0 Å². The topological polar surface area (TPSA) is 41.7 Å². The molecular weight excluding hydrogens is 745 g/mol. The van der Waals surface area contributed by atoms with Gasteiger partial charge in [-0.05, 0) is 71.5 Å². The van der Waals surface area contributed by atoms with Crippen LogP contribution in [0.5, 0.6) is 0 Å². The molecule has 4 heterocycles. The van der Waals surface area contributed by atoms with Crippen molar-refractivity contribution < 1.29 is 0 Å². The highest BCUT2D eigenvalue weighted by Crippen LogP contribution is 2.47. The summed E-state index contributed by atoms with van der Waals surface area (Å²) in [5, 5.41) is 11.3. The lowest BCUT2D eigenvalue weighted by atomic mass is 9.90. The van der Waals surface area contributed by atoms with Crippen LogP contribution in [0.15, 0.2) is 185 Å². The Bertz CT molecular complexity index is 3380. The van der Waals surface area contributed by atoms with Crippen LogP contribution in [0.25, 0.3) is 79.0 Å². The zero-order chi connectivity index (χ0) is 38.3. The second-order valence-electron chi connectivity index (χ2n) is 15.3. The first-order valence-corrected chi connectivity index (χ1v) is 21.6. The van der Waals surface area contributed by atoms with Gasteiger partial charge >= 0.3 is 0 Å². The Hall–Kier alpha value is -6.60. The van der Waals surface area contributed by atoms with E-state index in [9.17, 15) is 0 Å². The van der Waals surface area contributed by atoms with Gasteiger partial charge in [-0.3, -0.25) is 0 Å². The summed E-state index contributed by atoms with van der Waals surface area (Å²) in [4.78, 5) is 10.7. The number of hydrogen-bond acceptors (Lipinski definition) is 5. The Kier molecular flexibility index (Phi) is 7.65. The number of rotatable bonds is 5. The summed E-state index contributed by atoms with van der Waals surface area (Å²) < 4.78 is 7.48. The first kappa shape index (κ1) is 33.5. The molecule has 2 aliphatic rings. The Labute approximate surface area is 343 Å². The number of nitrogens with zero attached hydrogens (tertiary/aromatic N) is 3. The third kappa shape index (κ3) is 5.18. The van der Waals surface area contributed by atoms with E-state index in [0.717, 1.165) is 29.2 Å². The Balaban J connectivity index is 1.06. The Morgan fingerprint density at radius 1 is 0.586 bits per heavy atom. The monoisotopic (exact) mass is 780 g/mol. The first-order chi connectivity index (χ1) is 28.7. The number of allylic oxidation sites excluding steroid dienone is 3. The number of benzene rings is 7. The van der Waals surface area contributed by atoms with Crippen LogP contribution in [-0.4, -0.2) is 22.4 Å². The number of nitrogens with one attached hydrogen (secondary N) is 1. The molecule has 0 fully saturated rings. The van der Waals surface area contributed by atoms with Crippen molar-refractivity contribution in [1.29, 1.82) is 0 Å². The molecule has 10 aromatic rings. The van der Waals surface area contributed by atoms with E-state index in [4.69, 9.17) is 9.98 Å². The molecule has 12 rings (SSSR count). The minimum Gasteiger partial charge on any atom is -0.344 e. The van der Waals surface area contributed by atoms with Crippen molar-refractivity contribution in [3.63, 3.8) is 0 Å². The average molecular weight is 781 g/mol. The van der Waals surface area contributed by atoms with Crippen LogP contribution < -0.4 is 5.32 Å². The fourth-order valence-corrected chi connectivity index (χ4v) is 11.6. The summed E-state index contributed by atoms with van der Waals surface area (Å²) in [6, 6.07) is 55.2. The van der Waals surface area contributed by atoms with Crippen molar-refractivity contribution in [2.24, 2.45) is 15.9 Å². The minimum atomic E-state index is -0.208. The molecule has 58 heavy (non-hydrogen) atoms. The van der Waals surface area contributed by atoms with Crippen molar-refractivity contribution in [2.45, 2.75) is 19.5 Å². The van der Waals surface area contributed by atoms with Gasteiger partial charge < -0.3 is 9.88 Å². The zero-order valence-corrected chi connectivity index (χ0v) is 33.3. The molecule has 0 saturated heterocycles. The van der Waals surface area contributed by atoms with Gasteiger partial charge in [-0.15, -0.1) is 22.7 Å². The first-order valence-electron chi connectivity index (χ1n) is 19.9. The van der Waals surface area contributed by atoms with Gasteiger partial charge in [0.2, 0.25) is 0 Å². The minimum absolute atomic E-state index is 0.208. The lowest BCUT2D eigenvalue weighted by molar-refractivity contribution is 0.579. The van der Waals surface area contributed by atoms with E-state index in [-0.39, 0.29) is 6.17 Å². The molecule has 2 atom stereocenters. The van der Waals surface area contributed by atoms with E-state index in [0.29, 0.717) is 5.92 Å². The third-order valence-corrected chi connectivity index (χ3v) is 14.2. The summed E-state index contributed by atoms with van der Waals surface area (Å²) >= 11 is 3.73. The molecular formula is C52H36N4S2. The van der Waals surface area contributed by atoms with Crippen molar-refractivity contribution in [3.8, 4) is 16.8 Å². The highest BCUT2D eigenvalue weighted by atomic mass is 32.1. The molecule has 2 unspecified atom stereocenters. The lowest BCUT2D eigenvalue weighted by Crippen LogP contribution is -2.41. The van der Waals surface area contributed by atoms with E-state index in [2.05, 4.69) is 187 Å². The summed E-state index contributed by atoms with van der Waals surface area (Å²) in [6.45, 7) is 2.29. The van der Waals surface area contributed by atoms with Crippen LogP contribution in [0, 0.1) is 5.92 Å². The number of aliphatic imine (C=N–C) groups is 2. The molecule has 1 aliphatic heterocycles. The van der Waals surface area contributed by atoms with E-state index in [1.807, 2.05) is 22.7 Å². The highest BCUT2D eigenvalue weighted by Gasteiger charge is 2.28. The van der Waals surface area contributed by atoms with E-state index < -0.39 is 0 Å². The fourth-order valence-electron chi connectivity index (χ4n) is 9.26. The second-order valence-corrected chi connectivity index (χ2v) is 17.5.